The molecule has 0 unspecified atom stereocenters. The summed E-state index contributed by atoms with van der Waals surface area (Å²) in [6.45, 7) is 0. The highest BCUT2D eigenvalue weighted by Gasteiger charge is 2.05. The van der Waals surface area contributed by atoms with E-state index in [0.29, 0.717) is 17.7 Å². The Morgan fingerprint density at radius 2 is 1.86 bits per heavy atom. The molecular weight excluding hydrogens is 198 g/mol. The van der Waals surface area contributed by atoms with E-state index >= 15 is 0 Å². The molecule has 0 spiro atoms. The third-order valence-corrected chi connectivity index (χ3v) is 3.01. The van der Waals surface area contributed by atoms with Gasteiger partial charge in [-0.1, -0.05) is 12.1 Å². The molecule has 4 heteroatoms. The zero-order valence-corrected chi connectivity index (χ0v) is 8.71. The van der Waals surface area contributed by atoms with Gasteiger partial charge in [-0.25, -0.2) is 8.42 Å². The van der Waals surface area contributed by atoms with Gasteiger partial charge in [0.1, 0.15) is 0 Å². The molecule has 0 fully saturated rings. The van der Waals surface area contributed by atoms with Crippen LogP contribution in [0, 0.1) is 11.3 Å². The first-order chi connectivity index (χ1) is 6.54. The number of rotatable bonds is 3. The molecular formula is C10H11NO2S. The summed E-state index contributed by atoms with van der Waals surface area (Å²) in [6.07, 6.45) is 2.30. The molecule has 0 amide bonds. The Hall–Kier alpha value is -1.34. The molecule has 0 aromatic heterocycles. The van der Waals surface area contributed by atoms with Gasteiger partial charge in [-0.2, -0.15) is 5.26 Å². The van der Waals surface area contributed by atoms with E-state index in [-0.39, 0.29) is 0 Å². The second kappa shape index (κ2) is 4.25. The zero-order valence-electron chi connectivity index (χ0n) is 7.90. The van der Waals surface area contributed by atoms with Crippen molar-refractivity contribution in [2.24, 2.45) is 0 Å². The average Bonchev–Trinajstić information content (AvgIpc) is 2.14. The third-order valence-electron chi connectivity index (χ3n) is 1.88. The average molecular weight is 209 g/mol. The van der Waals surface area contributed by atoms with Gasteiger partial charge in [0, 0.05) is 12.7 Å². The standard InChI is InChI=1S/C10H11NO2S/c1-14(12,13)10-6-4-9(5-7-10)3-2-8-11/h4-7H,2-3H2,1H3. The summed E-state index contributed by atoms with van der Waals surface area (Å²) in [5, 5.41) is 8.37. The minimum absolute atomic E-state index is 0.318. The first-order valence-electron chi connectivity index (χ1n) is 4.20. The number of benzene rings is 1. The molecule has 3 nitrogen and oxygen atoms in total. The topological polar surface area (TPSA) is 57.9 Å². The fourth-order valence-electron chi connectivity index (χ4n) is 1.10. The Bertz CT molecular complexity index is 440. The molecule has 0 N–H and O–H groups in total. The van der Waals surface area contributed by atoms with Crippen LogP contribution in [-0.2, 0) is 16.3 Å². The highest BCUT2D eigenvalue weighted by Crippen LogP contribution is 2.11. The molecule has 0 aliphatic carbocycles. The number of nitriles is 1. The molecule has 0 aliphatic rings. The van der Waals surface area contributed by atoms with E-state index in [1.807, 2.05) is 6.07 Å². The highest BCUT2D eigenvalue weighted by molar-refractivity contribution is 7.90. The van der Waals surface area contributed by atoms with E-state index in [1.165, 1.54) is 6.26 Å². The van der Waals surface area contributed by atoms with Crippen LogP contribution in [0.2, 0.25) is 0 Å². The number of sulfone groups is 1. The van der Waals surface area contributed by atoms with Crippen LogP contribution in [0.15, 0.2) is 29.2 Å². The second-order valence-corrected chi connectivity index (χ2v) is 5.09. The molecule has 0 saturated heterocycles. The quantitative estimate of drug-likeness (QED) is 0.758. The van der Waals surface area contributed by atoms with Crippen molar-refractivity contribution in [1.29, 1.82) is 5.26 Å². The van der Waals surface area contributed by atoms with Crippen molar-refractivity contribution in [3.05, 3.63) is 29.8 Å². The Morgan fingerprint density at radius 3 is 2.29 bits per heavy atom. The Kier molecular flexibility index (Phi) is 3.26. The Morgan fingerprint density at radius 1 is 1.29 bits per heavy atom. The summed E-state index contributed by atoms with van der Waals surface area (Å²) >= 11 is 0. The van der Waals surface area contributed by atoms with Crippen LogP contribution in [0.1, 0.15) is 12.0 Å². The van der Waals surface area contributed by atoms with Crippen LogP contribution in [0.4, 0.5) is 0 Å². The first-order valence-corrected chi connectivity index (χ1v) is 6.09. The number of nitrogens with zero attached hydrogens (tertiary/aromatic N) is 1. The molecule has 14 heavy (non-hydrogen) atoms. The molecule has 74 valence electrons. The van der Waals surface area contributed by atoms with Crippen molar-refractivity contribution in [3.63, 3.8) is 0 Å². The van der Waals surface area contributed by atoms with Gasteiger partial charge < -0.3 is 0 Å². The van der Waals surface area contributed by atoms with E-state index < -0.39 is 9.84 Å². The number of hydrogen-bond acceptors (Lipinski definition) is 3. The summed E-state index contributed by atoms with van der Waals surface area (Å²) in [5.74, 6) is 0. The Balaban J connectivity index is 2.86. The van der Waals surface area contributed by atoms with E-state index in [0.717, 1.165) is 5.56 Å². The lowest BCUT2D eigenvalue weighted by Gasteiger charge is -2.00. The molecule has 0 aliphatic heterocycles. The number of hydrogen-bond donors (Lipinski definition) is 0. The first kappa shape index (κ1) is 10.7. The zero-order chi connectivity index (χ0) is 10.6. The van der Waals surface area contributed by atoms with Crippen LogP contribution in [-0.4, -0.2) is 14.7 Å². The molecule has 0 bridgehead atoms. The van der Waals surface area contributed by atoms with E-state index in [9.17, 15) is 8.42 Å². The van der Waals surface area contributed by atoms with Crippen LogP contribution in [0.25, 0.3) is 0 Å². The summed E-state index contributed by atoms with van der Waals surface area (Å²) in [7, 11) is -3.11. The lowest BCUT2D eigenvalue weighted by Crippen LogP contribution is -1.96. The lowest BCUT2D eigenvalue weighted by atomic mass is 10.1. The van der Waals surface area contributed by atoms with Crippen molar-refractivity contribution in [3.8, 4) is 6.07 Å². The normalized spacial score (nSPS) is 10.9. The van der Waals surface area contributed by atoms with Crippen LogP contribution in [0.5, 0.6) is 0 Å². The molecule has 0 heterocycles. The van der Waals surface area contributed by atoms with Crippen molar-refractivity contribution >= 4 is 9.84 Å². The maximum Gasteiger partial charge on any atom is 0.175 e. The van der Waals surface area contributed by atoms with Gasteiger partial charge in [0.05, 0.1) is 11.0 Å². The predicted molar refractivity (Wildman–Crippen MR) is 53.5 cm³/mol. The SMILES string of the molecule is CS(=O)(=O)c1ccc(CCC#N)cc1. The Labute approximate surface area is 83.9 Å². The van der Waals surface area contributed by atoms with Crippen molar-refractivity contribution in [2.45, 2.75) is 17.7 Å². The molecule has 0 saturated carbocycles. The predicted octanol–water partition coefficient (Wildman–Crippen LogP) is 1.55. The molecule has 0 atom stereocenters. The minimum Gasteiger partial charge on any atom is -0.224 e. The van der Waals surface area contributed by atoms with Gasteiger partial charge in [-0.05, 0) is 24.1 Å². The van der Waals surface area contributed by atoms with E-state index in [4.69, 9.17) is 5.26 Å². The molecule has 0 radical (unpaired) electrons. The van der Waals surface area contributed by atoms with Crippen LogP contribution >= 0.6 is 0 Å². The fourth-order valence-corrected chi connectivity index (χ4v) is 1.73. The van der Waals surface area contributed by atoms with Crippen molar-refractivity contribution in [1.82, 2.24) is 0 Å². The summed E-state index contributed by atoms with van der Waals surface area (Å²) in [6, 6.07) is 8.67. The van der Waals surface area contributed by atoms with Crippen molar-refractivity contribution < 1.29 is 8.42 Å². The second-order valence-electron chi connectivity index (χ2n) is 3.07. The van der Waals surface area contributed by atoms with Gasteiger partial charge in [-0.15, -0.1) is 0 Å². The van der Waals surface area contributed by atoms with E-state index in [2.05, 4.69) is 0 Å². The monoisotopic (exact) mass is 209 g/mol. The van der Waals surface area contributed by atoms with Crippen LogP contribution in [0.3, 0.4) is 0 Å². The van der Waals surface area contributed by atoms with Gasteiger partial charge in [0.15, 0.2) is 9.84 Å². The van der Waals surface area contributed by atoms with E-state index in [1.54, 1.807) is 24.3 Å². The molecule has 1 aromatic rings. The van der Waals surface area contributed by atoms with Crippen LogP contribution < -0.4 is 0 Å². The molecule has 1 rings (SSSR count). The highest BCUT2D eigenvalue weighted by atomic mass is 32.2. The lowest BCUT2D eigenvalue weighted by molar-refractivity contribution is 0.602. The summed E-state index contributed by atoms with van der Waals surface area (Å²) < 4.78 is 22.2. The maximum absolute atomic E-state index is 11.1. The number of aryl methyl sites for hydroxylation is 1. The van der Waals surface area contributed by atoms with Gasteiger partial charge in [-0.3, -0.25) is 0 Å². The fraction of sp³-hybridized carbons (Fsp3) is 0.300. The maximum atomic E-state index is 11.1. The summed E-state index contributed by atoms with van der Waals surface area (Å²) in [5.41, 5.74) is 0.985. The minimum atomic E-state index is -3.11. The largest absolute Gasteiger partial charge is 0.224 e. The van der Waals surface area contributed by atoms with Gasteiger partial charge in [0.25, 0.3) is 0 Å². The smallest absolute Gasteiger partial charge is 0.175 e. The van der Waals surface area contributed by atoms with Gasteiger partial charge >= 0.3 is 0 Å². The van der Waals surface area contributed by atoms with Crippen molar-refractivity contribution in [2.75, 3.05) is 6.26 Å². The third kappa shape index (κ3) is 2.86. The molecule has 1 aromatic carbocycles. The summed E-state index contributed by atoms with van der Waals surface area (Å²) in [4.78, 5) is 0.318. The van der Waals surface area contributed by atoms with Gasteiger partial charge in [0.2, 0.25) is 0 Å².